The Morgan fingerprint density at radius 1 is 1.19 bits per heavy atom. The molecule has 1 unspecified atom stereocenters. The van der Waals surface area contributed by atoms with Crippen LogP contribution in [0.5, 0.6) is 0 Å². The van der Waals surface area contributed by atoms with E-state index in [0.29, 0.717) is 44.1 Å². The van der Waals surface area contributed by atoms with Gasteiger partial charge < -0.3 is 15.5 Å². The molecule has 2 rings (SSSR count). The summed E-state index contributed by atoms with van der Waals surface area (Å²) < 4.78 is 0. The minimum atomic E-state index is -0.542. The number of rotatable bonds is 7. The molecule has 1 aromatic heterocycles. The van der Waals surface area contributed by atoms with Gasteiger partial charge in [-0.2, -0.15) is 0 Å². The van der Waals surface area contributed by atoms with Gasteiger partial charge in [-0.1, -0.05) is 19.9 Å². The third-order valence-corrected chi connectivity index (χ3v) is 5.26. The summed E-state index contributed by atoms with van der Waals surface area (Å²) in [7, 11) is 0. The molecular formula is C18H28N4O3S. The van der Waals surface area contributed by atoms with Gasteiger partial charge in [-0.25, -0.2) is 0 Å². The summed E-state index contributed by atoms with van der Waals surface area (Å²) in [5, 5.41) is 7.51. The van der Waals surface area contributed by atoms with E-state index in [1.165, 1.54) is 11.3 Å². The van der Waals surface area contributed by atoms with E-state index in [1.54, 1.807) is 11.0 Å². The molecule has 1 aliphatic heterocycles. The van der Waals surface area contributed by atoms with Crippen LogP contribution in [-0.4, -0.2) is 72.8 Å². The summed E-state index contributed by atoms with van der Waals surface area (Å²) >= 11 is 1.36. The number of amides is 3. The van der Waals surface area contributed by atoms with Crippen LogP contribution in [0.15, 0.2) is 17.5 Å². The van der Waals surface area contributed by atoms with Gasteiger partial charge >= 0.3 is 0 Å². The molecule has 0 saturated carbocycles. The number of carbonyl (C=O) groups is 3. The van der Waals surface area contributed by atoms with Crippen molar-refractivity contribution in [3.05, 3.63) is 22.4 Å². The lowest BCUT2D eigenvalue weighted by molar-refractivity contribution is -0.136. The second-order valence-electron chi connectivity index (χ2n) is 6.73. The molecular weight excluding hydrogens is 352 g/mol. The van der Waals surface area contributed by atoms with E-state index in [-0.39, 0.29) is 23.6 Å². The molecule has 1 saturated heterocycles. The maximum absolute atomic E-state index is 12.9. The molecule has 2 heterocycles. The molecule has 26 heavy (non-hydrogen) atoms. The summed E-state index contributed by atoms with van der Waals surface area (Å²) in [6, 6.07) is 3.03. The highest BCUT2D eigenvalue weighted by Crippen LogP contribution is 2.13. The molecule has 1 fully saturated rings. The molecule has 0 bridgehead atoms. The van der Waals surface area contributed by atoms with Gasteiger partial charge in [0, 0.05) is 32.7 Å². The first kappa shape index (κ1) is 20.4. The van der Waals surface area contributed by atoms with Crippen LogP contribution < -0.4 is 10.6 Å². The van der Waals surface area contributed by atoms with E-state index in [0.717, 1.165) is 0 Å². The van der Waals surface area contributed by atoms with E-state index in [4.69, 9.17) is 0 Å². The predicted molar refractivity (Wildman–Crippen MR) is 102 cm³/mol. The monoisotopic (exact) mass is 380 g/mol. The van der Waals surface area contributed by atoms with Crippen molar-refractivity contribution in [2.45, 2.75) is 26.8 Å². The first-order valence-electron chi connectivity index (χ1n) is 9.04. The highest BCUT2D eigenvalue weighted by atomic mass is 32.1. The maximum Gasteiger partial charge on any atom is 0.262 e. The highest BCUT2D eigenvalue weighted by Gasteiger charge is 2.31. The third-order valence-electron chi connectivity index (χ3n) is 4.39. The van der Waals surface area contributed by atoms with Crippen molar-refractivity contribution in [1.29, 1.82) is 0 Å². The van der Waals surface area contributed by atoms with Crippen molar-refractivity contribution in [2.24, 2.45) is 5.92 Å². The fourth-order valence-corrected chi connectivity index (χ4v) is 3.54. The van der Waals surface area contributed by atoms with E-state index < -0.39 is 6.04 Å². The highest BCUT2D eigenvalue weighted by molar-refractivity contribution is 7.12. The molecule has 1 aromatic rings. The average molecular weight is 381 g/mol. The Morgan fingerprint density at radius 2 is 1.88 bits per heavy atom. The number of nitrogens with zero attached hydrogens (tertiary/aromatic N) is 2. The molecule has 0 spiro atoms. The minimum Gasteiger partial charge on any atom is -0.355 e. The van der Waals surface area contributed by atoms with E-state index in [1.807, 2.05) is 37.1 Å². The van der Waals surface area contributed by atoms with Crippen molar-refractivity contribution in [1.82, 2.24) is 20.4 Å². The average Bonchev–Trinajstić information content (AvgIpc) is 3.14. The van der Waals surface area contributed by atoms with Crippen LogP contribution in [0.25, 0.3) is 0 Å². The maximum atomic E-state index is 12.9. The van der Waals surface area contributed by atoms with Crippen molar-refractivity contribution in [3.63, 3.8) is 0 Å². The molecule has 0 aromatic carbocycles. The van der Waals surface area contributed by atoms with Crippen LogP contribution in [0.4, 0.5) is 0 Å². The lowest BCUT2D eigenvalue weighted by Gasteiger charge is -2.37. The molecule has 7 nitrogen and oxygen atoms in total. The first-order valence-corrected chi connectivity index (χ1v) is 9.92. The molecule has 1 atom stereocenters. The lowest BCUT2D eigenvalue weighted by Crippen LogP contribution is -2.57. The van der Waals surface area contributed by atoms with E-state index in [2.05, 4.69) is 10.6 Å². The predicted octanol–water partition coefficient (Wildman–Crippen LogP) is 0.783. The van der Waals surface area contributed by atoms with Gasteiger partial charge in [-0.3, -0.25) is 19.3 Å². The summed E-state index contributed by atoms with van der Waals surface area (Å²) in [6.07, 6.45) is 0. The largest absolute Gasteiger partial charge is 0.355 e. The fraction of sp³-hybridized carbons (Fsp3) is 0.611. The number of thiophene rings is 1. The van der Waals surface area contributed by atoms with Crippen molar-refractivity contribution in [2.75, 3.05) is 39.3 Å². The molecule has 3 amide bonds. The van der Waals surface area contributed by atoms with Crippen LogP contribution in [0, 0.1) is 5.92 Å². The topological polar surface area (TPSA) is 81.8 Å². The molecule has 144 valence electrons. The minimum absolute atomic E-state index is 0.000209. The van der Waals surface area contributed by atoms with Gasteiger partial charge in [0.25, 0.3) is 5.91 Å². The number of nitrogens with one attached hydrogen (secondary N) is 2. The Bertz CT molecular complexity index is 610. The summed E-state index contributed by atoms with van der Waals surface area (Å²) in [5.74, 6) is -0.250. The number of piperazine rings is 1. The van der Waals surface area contributed by atoms with Crippen molar-refractivity contribution < 1.29 is 14.4 Å². The standard InChI is InChI=1S/C18H28N4O3S/c1-4-19-15(23)12-21-7-9-22(10-8-21)18(25)16(13(2)3)20-17(24)14-6-5-11-26-14/h5-6,11,13,16H,4,7-10,12H2,1-3H3,(H,19,23)(H,20,24). The summed E-state index contributed by atoms with van der Waals surface area (Å²) in [5.41, 5.74) is 0. The van der Waals surface area contributed by atoms with Gasteiger partial charge in [0.15, 0.2) is 0 Å². The van der Waals surface area contributed by atoms with Crippen molar-refractivity contribution >= 4 is 29.1 Å². The zero-order valence-corrected chi connectivity index (χ0v) is 16.5. The van der Waals surface area contributed by atoms with Crippen molar-refractivity contribution in [3.8, 4) is 0 Å². The van der Waals surface area contributed by atoms with Gasteiger partial charge in [0.05, 0.1) is 11.4 Å². The lowest BCUT2D eigenvalue weighted by atomic mass is 10.0. The Balaban J connectivity index is 1.89. The number of likely N-dealkylation sites (N-methyl/N-ethyl adjacent to an activating group) is 1. The molecule has 2 N–H and O–H groups in total. The summed E-state index contributed by atoms with van der Waals surface area (Å²) in [6.45, 7) is 9.19. The number of hydrogen-bond donors (Lipinski definition) is 2. The van der Waals surface area contributed by atoms with E-state index >= 15 is 0 Å². The molecule has 0 radical (unpaired) electrons. The Hall–Kier alpha value is -1.93. The second-order valence-corrected chi connectivity index (χ2v) is 7.68. The summed E-state index contributed by atoms with van der Waals surface area (Å²) in [4.78, 5) is 41.3. The fourth-order valence-electron chi connectivity index (χ4n) is 2.91. The van der Waals surface area contributed by atoms with Gasteiger partial charge in [-0.15, -0.1) is 11.3 Å². The van der Waals surface area contributed by atoms with Crippen LogP contribution in [0.1, 0.15) is 30.4 Å². The van der Waals surface area contributed by atoms with Gasteiger partial charge in [0.1, 0.15) is 6.04 Å². The zero-order chi connectivity index (χ0) is 19.1. The van der Waals surface area contributed by atoms with Crippen LogP contribution in [0.3, 0.4) is 0 Å². The molecule has 8 heteroatoms. The third kappa shape index (κ3) is 5.54. The van der Waals surface area contributed by atoms with Crippen LogP contribution in [0.2, 0.25) is 0 Å². The number of carbonyl (C=O) groups excluding carboxylic acids is 3. The second kappa shape index (κ2) is 9.68. The first-order chi connectivity index (χ1) is 12.4. The smallest absolute Gasteiger partial charge is 0.262 e. The Labute approximate surface area is 158 Å². The van der Waals surface area contributed by atoms with Gasteiger partial charge in [-0.05, 0) is 24.3 Å². The SMILES string of the molecule is CCNC(=O)CN1CCN(C(=O)C(NC(=O)c2cccs2)C(C)C)CC1. The zero-order valence-electron chi connectivity index (χ0n) is 15.7. The Kier molecular flexibility index (Phi) is 7.59. The van der Waals surface area contributed by atoms with Gasteiger partial charge in [0.2, 0.25) is 11.8 Å². The van der Waals surface area contributed by atoms with Crippen LogP contribution >= 0.6 is 11.3 Å². The van der Waals surface area contributed by atoms with Crippen LogP contribution in [-0.2, 0) is 9.59 Å². The molecule has 0 aliphatic carbocycles. The Morgan fingerprint density at radius 3 is 2.42 bits per heavy atom. The number of hydrogen-bond acceptors (Lipinski definition) is 5. The quantitative estimate of drug-likeness (QED) is 0.733. The normalized spacial score (nSPS) is 16.4. The molecule has 1 aliphatic rings. The van der Waals surface area contributed by atoms with E-state index in [9.17, 15) is 14.4 Å².